The number of hydrogen-bond donors (Lipinski definition) is 1. The van der Waals surface area contributed by atoms with Crippen molar-refractivity contribution in [2.24, 2.45) is 10.7 Å². The minimum absolute atomic E-state index is 0.420. The van der Waals surface area contributed by atoms with Crippen LogP contribution >= 0.6 is 12.2 Å². The van der Waals surface area contributed by atoms with Crippen LogP contribution in [0.5, 0.6) is 0 Å². The van der Waals surface area contributed by atoms with Crippen LogP contribution in [0.15, 0.2) is 23.2 Å². The molecule has 0 heterocycles. The van der Waals surface area contributed by atoms with Crippen molar-refractivity contribution in [1.82, 2.24) is 0 Å². The van der Waals surface area contributed by atoms with Gasteiger partial charge in [0.15, 0.2) is 0 Å². The normalized spacial score (nSPS) is 10.7. The Hall–Kier alpha value is -1.22. The summed E-state index contributed by atoms with van der Waals surface area (Å²) >= 11 is 4.74. The van der Waals surface area contributed by atoms with Crippen LogP contribution in [0.2, 0.25) is 0 Å². The Labute approximate surface area is 89.9 Å². The van der Waals surface area contributed by atoms with Crippen molar-refractivity contribution in [3.05, 3.63) is 34.9 Å². The predicted molar refractivity (Wildman–Crippen MR) is 65.2 cm³/mol. The molecule has 0 unspecified atom stereocenters. The average molecular weight is 206 g/mol. The highest BCUT2D eigenvalue weighted by atomic mass is 32.1. The van der Waals surface area contributed by atoms with Crippen LogP contribution in [0, 0.1) is 13.8 Å². The van der Waals surface area contributed by atoms with Crippen LogP contribution in [-0.2, 0) is 0 Å². The number of thiocarbonyl (C=S) groups is 1. The smallest absolute Gasteiger partial charge is 0.0945 e. The zero-order chi connectivity index (χ0) is 10.6. The predicted octanol–water partition coefficient (Wildman–Crippen LogP) is 2.01. The molecule has 2 N–H and O–H groups in total. The van der Waals surface area contributed by atoms with Gasteiger partial charge in [-0.3, -0.25) is 4.99 Å². The van der Waals surface area contributed by atoms with Crippen LogP contribution < -0.4 is 5.73 Å². The van der Waals surface area contributed by atoms with E-state index in [0.717, 1.165) is 5.56 Å². The molecule has 0 atom stereocenters. The molecule has 0 saturated heterocycles. The second-order valence-corrected chi connectivity index (χ2v) is 3.77. The Kier molecular flexibility index (Phi) is 3.77. The van der Waals surface area contributed by atoms with Gasteiger partial charge in [0.05, 0.1) is 11.5 Å². The van der Waals surface area contributed by atoms with E-state index < -0.39 is 0 Å². The van der Waals surface area contributed by atoms with Crippen LogP contribution in [0.3, 0.4) is 0 Å². The molecule has 2 nitrogen and oxygen atoms in total. The molecule has 0 saturated carbocycles. The lowest BCUT2D eigenvalue weighted by atomic mass is 10.0. The molecule has 1 aromatic rings. The van der Waals surface area contributed by atoms with Crippen molar-refractivity contribution < 1.29 is 0 Å². The molecular weight excluding hydrogens is 192 g/mol. The average Bonchev–Trinajstić information content (AvgIpc) is 2.09. The van der Waals surface area contributed by atoms with Crippen molar-refractivity contribution >= 4 is 23.4 Å². The van der Waals surface area contributed by atoms with Gasteiger partial charge in [0.2, 0.25) is 0 Å². The van der Waals surface area contributed by atoms with Crippen LogP contribution in [0.1, 0.15) is 16.7 Å². The lowest BCUT2D eigenvalue weighted by molar-refractivity contribution is 1.29. The number of nitrogens with two attached hydrogens (primary N) is 1. The minimum Gasteiger partial charge on any atom is -0.392 e. The summed E-state index contributed by atoms with van der Waals surface area (Å²) in [5.41, 5.74) is 8.94. The SMILES string of the molecule is Cc1cccc(C)c1C=NCC(N)=S. The summed E-state index contributed by atoms with van der Waals surface area (Å²) in [6, 6.07) is 6.17. The summed E-state index contributed by atoms with van der Waals surface area (Å²) in [5.74, 6) is 0. The lowest BCUT2D eigenvalue weighted by Gasteiger charge is -2.03. The maximum absolute atomic E-state index is 5.35. The second-order valence-electron chi connectivity index (χ2n) is 3.24. The first-order chi connectivity index (χ1) is 6.61. The first kappa shape index (κ1) is 10.9. The van der Waals surface area contributed by atoms with Crippen LogP contribution in [0.25, 0.3) is 0 Å². The summed E-state index contributed by atoms with van der Waals surface area (Å²) in [7, 11) is 0. The van der Waals surface area contributed by atoms with E-state index in [1.54, 1.807) is 0 Å². The van der Waals surface area contributed by atoms with Crippen molar-refractivity contribution in [3.63, 3.8) is 0 Å². The molecule has 0 aliphatic heterocycles. The van der Waals surface area contributed by atoms with Crippen molar-refractivity contribution in [1.29, 1.82) is 0 Å². The quantitative estimate of drug-likeness (QED) is 0.607. The lowest BCUT2D eigenvalue weighted by Crippen LogP contribution is -2.11. The highest BCUT2D eigenvalue weighted by Crippen LogP contribution is 2.10. The summed E-state index contributed by atoms with van der Waals surface area (Å²) in [4.78, 5) is 4.60. The van der Waals surface area contributed by atoms with Gasteiger partial charge in [-0.1, -0.05) is 30.4 Å². The van der Waals surface area contributed by atoms with Gasteiger partial charge < -0.3 is 5.73 Å². The van der Waals surface area contributed by atoms with Crippen molar-refractivity contribution in [2.75, 3.05) is 6.54 Å². The molecule has 0 bridgehead atoms. The molecule has 0 aromatic heterocycles. The molecule has 14 heavy (non-hydrogen) atoms. The zero-order valence-corrected chi connectivity index (χ0v) is 9.27. The van der Waals surface area contributed by atoms with E-state index in [1.807, 2.05) is 12.3 Å². The number of benzene rings is 1. The van der Waals surface area contributed by atoms with E-state index in [9.17, 15) is 0 Å². The van der Waals surface area contributed by atoms with Gasteiger partial charge in [0.25, 0.3) is 0 Å². The molecule has 0 fully saturated rings. The Bertz CT molecular complexity index is 349. The number of hydrogen-bond acceptors (Lipinski definition) is 2. The van der Waals surface area contributed by atoms with E-state index in [0.29, 0.717) is 11.5 Å². The molecule has 74 valence electrons. The van der Waals surface area contributed by atoms with Crippen molar-refractivity contribution in [2.45, 2.75) is 13.8 Å². The van der Waals surface area contributed by atoms with Gasteiger partial charge in [-0.25, -0.2) is 0 Å². The van der Waals surface area contributed by atoms with Gasteiger partial charge >= 0.3 is 0 Å². The maximum Gasteiger partial charge on any atom is 0.0945 e. The fourth-order valence-corrected chi connectivity index (χ4v) is 1.33. The molecule has 0 aliphatic carbocycles. The molecular formula is C11H14N2S. The summed E-state index contributed by atoms with van der Waals surface area (Å²) in [6.07, 6.45) is 1.84. The van der Waals surface area contributed by atoms with Gasteiger partial charge in [0.1, 0.15) is 0 Å². The molecule has 0 spiro atoms. The Morgan fingerprint density at radius 1 is 1.43 bits per heavy atom. The van der Waals surface area contributed by atoms with Crippen molar-refractivity contribution in [3.8, 4) is 0 Å². The fourth-order valence-electron chi connectivity index (χ4n) is 1.26. The largest absolute Gasteiger partial charge is 0.392 e. The van der Waals surface area contributed by atoms with Gasteiger partial charge in [-0.2, -0.15) is 0 Å². The molecule has 0 aliphatic rings. The first-order valence-corrected chi connectivity index (χ1v) is 4.86. The zero-order valence-electron chi connectivity index (χ0n) is 8.45. The molecule has 1 rings (SSSR count). The van der Waals surface area contributed by atoms with Gasteiger partial charge in [-0.05, 0) is 30.5 Å². The molecule has 0 amide bonds. The second kappa shape index (κ2) is 4.86. The minimum atomic E-state index is 0.420. The number of aryl methyl sites for hydroxylation is 2. The Morgan fingerprint density at radius 2 is 2.00 bits per heavy atom. The molecule has 3 heteroatoms. The van der Waals surface area contributed by atoms with E-state index in [1.165, 1.54) is 11.1 Å². The van der Waals surface area contributed by atoms with Gasteiger partial charge in [0, 0.05) is 6.21 Å². The Morgan fingerprint density at radius 3 is 2.50 bits per heavy atom. The van der Waals surface area contributed by atoms with Crippen LogP contribution in [-0.4, -0.2) is 17.7 Å². The standard InChI is InChI=1S/C11H14N2S/c1-8-4-3-5-9(2)10(8)6-13-7-11(12)14/h3-6H,7H2,1-2H3,(H2,12,14). The summed E-state index contributed by atoms with van der Waals surface area (Å²) in [6.45, 7) is 4.55. The number of rotatable bonds is 3. The van der Waals surface area contributed by atoms with Crippen LogP contribution in [0.4, 0.5) is 0 Å². The third-order valence-electron chi connectivity index (χ3n) is 2.01. The summed E-state index contributed by atoms with van der Waals surface area (Å²) in [5, 5.41) is 0. The molecule has 1 aromatic carbocycles. The third kappa shape index (κ3) is 2.92. The first-order valence-electron chi connectivity index (χ1n) is 4.45. The van der Waals surface area contributed by atoms with E-state index in [2.05, 4.69) is 31.0 Å². The highest BCUT2D eigenvalue weighted by Gasteiger charge is 1.97. The highest BCUT2D eigenvalue weighted by molar-refractivity contribution is 7.80. The van der Waals surface area contributed by atoms with Gasteiger partial charge in [-0.15, -0.1) is 0 Å². The fraction of sp³-hybridized carbons (Fsp3) is 0.273. The molecule has 0 radical (unpaired) electrons. The van der Waals surface area contributed by atoms with E-state index in [-0.39, 0.29) is 0 Å². The Balaban J connectivity index is 2.85. The third-order valence-corrected chi connectivity index (χ3v) is 2.14. The van der Waals surface area contributed by atoms with E-state index in [4.69, 9.17) is 18.0 Å². The topological polar surface area (TPSA) is 38.4 Å². The maximum atomic E-state index is 5.35. The monoisotopic (exact) mass is 206 g/mol. The number of aliphatic imine (C=N–C) groups is 1. The summed E-state index contributed by atoms with van der Waals surface area (Å²) < 4.78 is 0. The van der Waals surface area contributed by atoms with E-state index >= 15 is 0 Å². The number of nitrogens with zero attached hydrogens (tertiary/aromatic N) is 1.